The van der Waals surface area contributed by atoms with E-state index in [4.69, 9.17) is 10.2 Å². The Bertz CT molecular complexity index is 502. The van der Waals surface area contributed by atoms with Gasteiger partial charge in [0.1, 0.15) is 5.82 Å². The number of hydrogen-bond acceptors (Lipinski definition) is 3. The number of benzene rings is 1. The van der Waals surface area contributed by atoms with Gasteiger partial charge in [-0.2, -0.15) is 0 Å². The minimum absolute atomic E-state index is 0.0293. The zero-order valence-corrected chi connectivity index (χ0v) is 10.8. The smallest absolute Gasteiger partial charge is 0.308 e. The van der Waals surface area contributed by atoms with Crippen molar-refractivity contribution in [3.8, 4) is 0 Å². The van der Waals surface area contributed by atoms with Crippen molar-refractivity contribution in [2.45, 2.75) is 18.9 Å². The van der Waals surface area contributed by atoms with E-state index in [1.165, 1.54) is 17.0 Å². The number of aliphatic hydroxyl groups excluding tert-OH is 1. The van der Waals surface area contributed by atoms with Gasteiger partial charge in [0.2, 0.25) is 5.91 Å². The summed E-state index contributed by atoms with van der Waals surface area (Å²) in [6.45, 7) is -0.0141. The van der Waals surface area contributed by atoms with E-state index in [1.807, 2.05) is 0 Å². The topological polar surface area (TPSA) is 77.8 Å². The van der Waals surface area contributed by atoms with E-state index >= 15 is 0 Å². The number of aliphatic carboxylic acids is 1. The average Bonchev–Trinajstić information content (AvgIpc) is 2.79. The molecule has 1 aromatic rings. The second kappa shape index (κ2) is 6.00. The number of likely N-dealkylation sites (tertiary alicyclic amines) is 1. The van der Waals surface area contributed by atoms with Gasteiger partial charge < -0.3 is 15.1 Å². The predicted octanol–water partition coefficient (Wildman–Crippen LogP) is 1.18. The Morgan fingerprint density at radius 3 is 2.55 bits per heavy atom. The molecule has 6 heteroatoms. The molecule has 1 fully saturated rings. The van der Waals surface area contributed by atoms with Crippen LogP contribution in [0.1, 0.15) is 24.4 Å². The van der Waals surface area contributed by atoms with Crippen LogP contribution in [0.3, 0.4) is 0 Å². The van der Waals surface area contributed by atoms with Gasteiger partial charge in [0.15, 0.2) is 0 Å². The number of carboxylic acids is 1. The molecule has 1 aliphatic rings. The lowest BCUT2D eigenvalue weighted by Crippen LogP contribution is -2.31. The van der Waals surface area contributed by atoms with E-state index < -0.39 is 17.9 Å². The Kier molecular flexibility index (Phi) is 4.34. The molecular formula is C14H16FNO4. The zero-order chi connectivity index (χ0) is 14.7. The number of rotatable bonds is 5. The molecule has 0 bridgehead atoms. The number of hydrogen-bond donors (Lipinski definition) is 2. The van der Waals surface area contributed by atoms with Gasteiger partial charge in [-0.25, -0.2) is 4.39 Å². The van der Waals surface area contributed by atoms with Gasteiger partial charge in [0.25, 0.3) is 0 Å². The third-order valence-corrected chi connectivity index (χ3v) is 3.54. The number of halogens is 1. The van der Waals surface area contributed by atoms with Crippen molar-refractivity contribution in [2.24, 2.45) is 5.92 Å². The van der Waals surface area contributed by atoms with Gasteiger partial charge in [0.05, 0.1) is 12.0 Å². The summed E-state index contributed by atoms with van der Waals surface area (Å²) in [5.41, 5.74) is 0.694. The lowest BCUT2D eigenvalue weighted by Gasteiger charge is -2.28. The quantitative estimate of drug-likeness (QED) is 0.849. The van der Waals surface area contributed by atoms with Crippen LogP contribution in [0, 0.1) is 11.7 Å². The highest BCUT2D eigenvalue weighted by Crippen LogP contribution is 2.31. The summed E-state index contributed by atoms with van der Waals surface area (Å²) in [6, 6.07) is 5.26. The average molecular weight is 281 g/mol. The second-order valence-corrected chi connectivity index (χ2v) is 4.87. The van der Waals surface area contributed by atoms with Gasteiger partial charge >= 0.3 is 5.97 Å². The van der Waals surface area contributed by atoms with Crippen LogP contribution < -0.4 is 0 Å². The van der Waals surface area contributed by atoms with E-state index in [9.17, 15) is 14.0 Å². The maximum absolute atomic E-state index is 13.0. The lowest BCUT2D eigenvalue weighted by atomic mass is 10.0. The van der Waals surface area contributed by atoms with Crippen molar-refractivity contribution in [2.75, 3.05) is 13.2 Å². The van der Waals surface area contributed by atoms with Crippen LogP contribution in [0.5, 0.6) is 0 Å². The van der Waals surface area contributed by atoms with Gasteiger partial charge in [0, 0.05) is 19.6 Å². The molecule has 2 rings (SSSR count). The molecule has 1 heterocycles. The lowest BCUT2D eigenvalue weighted by molar-refractivity contribution is -0.141. The Morgan fingerprint density at radius 1 is 1.40 bits per heavy atom. The van der Waals surface area contributed by atoms with E-state index in [0.717, 1.165) is 0 Å². The summed E-state index contributed by atoms with van der Waals surface area (Å²) in [6.07, 6.45) is 0.266. The molecule has 20 heavy (non-hydrogen) atoms. The normalized spacial score (nSPS) is 20.2. The van der Waals surface area contributed by atoms with Crippen LogP contribution in [0.4, 0.5) is 4.39 Å². The molecule has 5 nitrogen and oxygen atoms in total. The molecular weight excluding hydrogens is 265 g/mol. The maximum Gasteiger partial charge on any atom is 0.308 e. The molecule has 1 aromatic carbocycles. The Morgan fingerprint density at radius 2 is 2.05 bits per heavy atom. The Balaban J connectivity index is 2.22. The van der Waals surface area contributed by atoms with Crippen LogP contribution in [-0.4, -0.2) is 40.1 Å². The second-order valence-electron chi connectivity index (χ2n) is 4.87. The van der Waals surface area contributed by atoms with E-state index in [1.54, 1.807) is 12.1 Å². The van der Waals surface area contributed by atoms with E-state index in [0.29, 0.717) is 12.0 Å². The summed E-state index contributed by atoms with van der Waals surface area (Å²) in [5.74, 6) is -2.35. The zero-order valence-electron chi connectivity index (χ0n) is 10.8. The molecule has 2 N–H and O–H groups in total. The first-order valence-electron chi connectivity index (χ1n) is 6.41. The summed E-state index contributed by atoms with van der Waals surface area (Å²) in [7, 11) is 0. The van der Waals surface area contributed by atoms with Gasteiger partial charge in [-0.3, -0.25) is 9.59 Å². The Hall–Kier alpha value is -1.95. The van der Waals surface area contributed by atoms with Crippen molar-refractivity contribution in [1.82, 2.24) is 4.90 Å². The standard InChI is InChI=1S/C14H16FNO4/c15-11-3-1-9(2-4-11)12(5-6-17)16-8-10(14(19)20)7-13(16)18/h1-4,10,12,17H,5-8H2,(H,19,20). The van der Waals surface area contributed by atoms with E-state index in [-0.39, 0.29) is 31.3 Å². The van der Waals surface area contributed by atoms with Crippen molar-refractivity contribution >= 4 is 11.9 Å². The van der Waals surface area contributed by atoms with Crippen LogP contribution >= 0.6 is 0 Å². The number of carbonyl (C=O) groups is 2. The number of amides is 1. The van der Waals surface area contributed by atoms with Crippen molar-refractivity contribution in [1.29, 1.82) is 0 Å². The first kappa shape index (κ1) is 14.5. The molecule has 0 radical (unpaired) electrons. The minimum Gasteiger partial charge on any atom is -0.481 e. The van der Waals surface area contributed by atoms with Crippen LogP contribution in [-0.2, 0) is 9.59 Å². The molecule has 2 atom stereocenters. The minimum atomic E-state index is -0.997. The largest absolute Gasteiger partial charge is 0.481 e. The number of aliphatic hydroxyl groups is 1. The van der Waals surface area contributed by atoms with Gasteiger partial charge in [-0.15, -0.1) is 0 Å². The fourth-order valence-electron chi connectivity index (χ4n) is 2.51. The molecule has 2 unspecified atom stereocenters. The van der Waals surface area contributed by atoms with Crippen molar-refractivity contribution in [3.05, 3.63) is 35.6 Å². The number of carboxylic acid groups (broad SMARTS) is 1. The third kappa shape index (κ3) is 2.96. The van der Waals surface area contributed by atoms with Gasteiger partial charge in [-0.1, -0.05) is 12.1 Å². The fourth-order valence-corrected chi connectivity index (χ4v) is 2.51. The van der Waals surface area contributed by atoms with Crippen LogP contribution in [0.25, 0.3) is 0 Å². The summed E-state index contributed by atoms with van der Waals surface area (Å²) in [4.78, 5) is 24.4. The molecule has 0 spiro atoms. The molecule has 0 aromatic heterocycles. The SMILES string of the molecule is O=C(O)C1CC(=O)N(C(CCO)c2ccc(F)cc2)C1. The first-order chi connectivity index (χ1) is 9.52. The fraction of sp³-hybridized carbons (Fsp3) is 0.429. The molecule has 108 valence electrons. The summed E-state index contributed by atoms with van der Waals surface area (Å²) >= 11 is 0. The van der Waals surface area contributed by atoms with E-state index in [2.05, 4.69) is 0 Å². The molecule has 1 aliphatic heterocycles. The van der Waals surface area contributed by atoms with Crippen LogP contribution in [0.2, 0.25) is 0 Å². The number of carbonyl (C=O) groups excluding carboxylic acids is 1. The maximum atomic E-state index is 13.0. The summed E-state index contributed by atoms with van der Waals surface area (Å²) < 4.78 is 13.0. The van der Waals surface area contributed by atoms with Crippen molar-refractivity contribution < 1.29 is 24.2 Å². The first-order valence-corrected chi connectivity index (χ1v) is 6.41. The van der Waals surface area contributed by atoms with Crippen molar-refractivity contribution in [3.63, 3.8) is 0 Å². The van der Waals surface area contributed by atoms with Gasteiger partial charge in [-0.05, 0) is 24.1 Å². The highest BCUT2D eigenvalue weighted by atomic mass is 19.1. The molecule has 1 amide bonds. The molecule has 0 aliphatic carbocycles. The van der Waals surface area contributed by atoms with Crippen LogP contribution in [0.15, 0.2) is 24.3 Å². The third-order valence-electron chi connectivity index (χ3n) is 3.54. The highest BCUT2D eigenvalue weighted by molar-refractivity contribution is 5.86. The predicted molar refractivity (Wildman–Crippen MR) is 68.3 cm³/mol. The molecule has 0 saturated carbocycles. The highest BCUT2D eigenvalue weighted by Gasteiger charge is 2.38. The Labute approximate surface area is 115 Å². The number of nitrogens with zero attached hydrogens (tertiary/aromatic N) is 1. The molecule has 1 saturated heterocycles. The monoisotopic (exact) mass is 281 g/mol. The summed E-state index contributed by atoms with van der Waals surface area (Å²) in [5, 5.41) is 18.1.